The molecule has 0 fully saturated rings. The number of anilines is 1. The molecule has 5 nitrogen and oxygen atoms in total. The lowest BCUT2D eigenvalue weighted by atomic mass is 10.1. The van der Waals surface area contributed by atoms with Crippen molar-refractivity contribution in [2.75, 3.05) is 17.9 Å². The number of thioether (sulfide) groups is 1. The lowest BCUT2D eigenvalue weighted by Crippen LogP contribution is -2.11. The van der Waals surface area contributed by atoms with E-state index in [0.717, 1.165) is 34.9 Å². The molecule has 1 aliphatic heterocycles. The summed E-state index contributed by atoms with van der Waals surface area (Å²) in [7, 11) is 0. The maximum Gasteiger partial charge on any atom is 0.231 e. The third-order valence-corrected chi connectivity index (χ3v) is 5.83. The number of ether oxygens (including phenoxy) is 2. The van der Waals surface area contributed by atoms with Crippen molar-refractivity contribution in [2.24, 2.45) is 0 Å². The lowest BCUT2D eigenvalue weighted by molar-refractivity contribution is -0.116. The summed E-state index contributed by atoms with van der Waals surface area (Å²) in [6, 6.07) is 15.9. The van der Waals surface area contributed by atoms with Crippen LogP contribution < -0.4 is 14.8 Å². The zero-order valence-corrected chi connectivity index (χ0v) is 16.1. The third kappa shape index (κ3) is 4.61. The second-order valence-electron chi connectivity index (χ2n) is 5.92. The van der Waals surface area contributed by atoms with Gasteiger partial charge in [0, 0.05) is 22.3 Å². The second-order valence-corrected chi connectivity index (χ2v) is 7.95. The minimum absolute atomic E-state index is 0.00440. The van der Waals surface area contributed by atoms with Gasteiger partial charge in [0.25, 0.3) is 0 Å². The van der Waals surface area contributed by atoms with Gasteiger partial charge in [-0.3, -0.25) is 4.79 Å². The van der Waals surface area contributed by atoms with Gasteiger partial charge < -0.3 is 14.8 Å². The molecule has 1 N–H and O–H groups in total. The Balaban J connectivity index is 1.27. The molecule has 4 rings (SSSR count). The number of rotatable bonds is 7. The number of hydrogen-bond acceptors (Lipinski definition) is 6. The number of nitrogens with one attached hydrogen (secondary N) is 1. The molecule has 3 aromatic rings. The fraction of sp³-hybridized carbons (Fsp3) is 0.200. The highest BCUT2D eigenvalue weighted by molar-refractivity contribution is 7.99. The molecule has 0 unspecified atom stereocenters. The Hall–Kier alpha value is -2.51. The minimum atomic E-state index is -0.00440. The van der Waals surface area contributed by atoms with E-state index in [9.17, 15) is 4.79 Å². The second kappa shape index (κ2) is 8.45. The van der Waals surface area contributed by atoms with Crippen molar-refractivity contribution in [2.45, 2.75) is 17.7 Å². The quantitative estimate of drug-likeness (QED) is 0.446. The van der Waals surface area contributed by atoms with Crippen molar-refractivity contribution < 1.29 is 14.3 Å². The molecule has 1 aromatic heterocycles. The van der Waals surface area contributed by atoms with Crippen LogP contribution in [0, 0.1) is 0 Å². The predicted octanol–water partition coefficient (Wildman–Crippen LogP) is 5.05. The van der Waals surface area contributed by atoms with Gasteiger partial charge in [0.15, 0.2) is 16.6 Å². The van der Waals surface area contributed by atoms with Crippen molar-refractivity contribution in [3.8, 4) is 22.8 Å². The zero-order valence-electron chi connectivity index (χ0n) is 14.5. The van der Waals surface area contributed by atoms with Crippen LogP contribution in [0.25, 0.3) is 11.3 Å². The van der Waals surface area contributed by atoms with Crippen molar-refractivity contribution >= 4 is 34.1 Å². The van der Waals surface area contributed by atoms with E-state index in [1.807, 2.05) is 41.8 Å². The first-order chi connectivity index (χ1) is 13.3. The molecule has 2 aromatic carbocycles. The molecule has 0 saturated carbocycles. The number of fused-ring (bicyclic) bond motifs is 1. The number of thiazole rings is 1. The number of benzene rings is 2. The standard InChI is InChI=1S/C20H18N2O3S2/c23-19(7-4-10-26-15-5-2-1-3-6-15)22-20-21-16(12-27-20)14-8-9-17-18(11-14)25-13-24-17/h1-3,5-6,8-9,11-12H,4,7,10,13H2,(H,21,22,23). The first-order valence-corrected chi connectivity index (χ1v) is 10.5. The third-order valence-electron chi connectivity index (χ3n) is 3.98. The number of carbonyl (C=O) groups is 1. The summed E-state index contributed by atoms with van der Waals surface area (Å²) < 4.78 is 10.7. The van der Waals surface area contributed by atoms with Crippen LogP contribution in [0.4, 0.5) is 5.13 Å². The van der Waals surface area contributed by atoms with Gasteiger partial charge in [-0.15, -0.1) is 23.1 Å². The van der Waals surface area contributed by atoms with Gasteiger partial charge in [0.1, 0.15) is 0 Å². The SMILES string of the molecule is O=C(CCCSc1ccccc1)Nc1nc(-c2ccc3c(c2)OCO3)cs1. The van der Waals surface area contributed by atoms with Gasteiger partial charge in [-0.2, -0.15) is 0 Å². The Morgan fingerprint density at radius 2 is 2.00 bits per heavy atom. The molecule has 0 saturated heterocycles. The molecular weight excluding hydrogens is 380 g/mol. The Morgan fingerprint density at radius 3 is 2.89 bits per heavy atom. The smallest absolute Gasteiger partial charge is 0.231 e. The Bertz CT molecular complexity index is 928. The van der Waals surface area contributed by atoms with Gasteiger partial charge >= 0.3 is 0 Å². The van der Waals surface area contributed by atoms with E-state index in [1.54, 1.807) is 11.8 Å². The number of aromatic nitrogens is 1. The maximum absolute atomic E-state index is 12.1. The summed E-state index contributed by atoms with van der Waals surface area (Å²) >= 11 is 3.19. The van der Waals surface area contributed by atoms with Gasteiger partial charge in [0.05, 0.1) is 5.69 Å². The zero-order chi connectivity index (χ0) is 18.5. The van der Waals surface area contributed by atoms with Crippen LogP contribution in [-0.2, 0) is 4.79 Å². The normalized spacial score (nSPS) is 12.1. The summed E-state index contributed by atoms with van der Waals surface area (Å²) in [5.41, 5.74) is 1.75. The largest absolute Gasteiger partial charge is 0.454 e. The maximum atomic E-state index is 12.1. The molecule has 7 heteroatoms. The highest BCUT2D eigenvalue weighted by Gasteiger charge is 2.15. The number of carbonyl (C=O) groups excluding carboxylic acids is 1. The number of nitrogens with zero attached hydrogens (tertiary/aromatic N) is 1. The van der Waals surface area contributed by atoms with E-state index in [-0.39, 0.29) is 12.7 Å². The van der Waals surface area contributed by atoms with Crippen LogP contribution in [-0.4, -0.2) is 23.4 Å². The van der Waals surface area contributed by atoms with Crippen molar-refractivity contribution in [1.29, 1.82) is 0 Å². The molecule has 0 atom stereocenters. The molecule has 0 radical (unpaired) electrons. The Morgan fingerprint density at radius 1 is 1.15 bits per heavy atom. The highest BCUT2D eigenvalue weighted by Crippen LogP contribution is 2.36. The molecule has 0 spiro atoms. The van der Waals surface area contributed by atoms with Crippen LogP contribution in [0.2, 0.25) is 0 Å². The molecule has 0 bridgehead atoms. The van der Waals surface area contributed by atoms with E-state index < -0.39 is 0 Å². The van der Waals surface area contributed by atoms with Crippen molar-refractivity contribution in [3.63, 3.8) is 0 Å². The topological polar surface area (TPSA) is 60.5 Å². The first kappa shape index (κ1) is 17.9. The van der Waals surface area contributed by atoms with Crippen molar-refractivity contribution in [1.82, 2.24) is 4.98 Å². The summed E-state index contributed by atoms with van der Waals surface area (Å²) in [6.07, 6.45) is 1.31. The van der Waals surface area contributed by atoms with Crippen LogP contribution in [0.1, 0.15) is 12.8 Å². The van der Waals surface area contributed by atoms with Gasteiger partial charge in [-0.1, -0.05) is 18.2 Å². The summed E-state index contributed by atoms with van der Waals surface area (Å²) in [5.74, 6) is 2.38. The first-order valence-electron chi connectivity index (χ1n) is 8.61. The molecule has 2 heterocycles. The van der Waals surface area contributed by atoms with Gasteiger partial charge in [-0.05, 0) is 42.5 Å². The van der Waals surface area contributed by atoms with Gasteiger partial charge in [-0.25, -0.2) is 4.98 Å². The fourth-order valence-corrected chi connectivity index (χ4v) is 4.25. The summed E-state index contributed by atoms with van der Waals surface area (Å²) in [6.45, 7) is 0.250. The number of hydrogen-bond donors (Lipinski definition) is 1. The fourth-order valence-electron chi connectivity index (χ4n) is 2.64. The van der Waals surface area contributed by atoms with Gasteiger partial charge in [0.2, 0.25) is 12.7 Å². The van der Waals surface area contributed by atoms with Crippen molar-refractivity contribution in [3.05, 3.63) is 53.9 Å². The molecule has 0 aliphatic carbocycles. The summed E-state index contributed by atoms with van der Waals surface area (Å²) in [5, 5.41) is 5.43. The van der Waals surface area contributed by atoms with Crippen LogP contribution >= 0.6 is 23.1 Å². The molecule has 1 aliphatic rings. The van der Waals surface area contributed by atoms with Crippen LogP contribution in [0.5, 0.6) is 11.5 Å². The highest BCUT2D eigenvalue weighted by atomic mass is 32.2. The molecular formula is C20H18N2O3S2. The van der Waals surface area contributed by atoms with E-state index in [1.165, 1.54) is 16.2 Å². The Kier molecular flexibility index (Phi) is 5.60. The predicted molar refractivity (Wildman–Crippen MR) is 109 cm³/mol. The average Bonchev–Trinajstić information content (AvgIpc) is 3.34. The van der Waals surface area contributed by atoms with Crippen LogP contribution in [0.15, 0.2) is 58.8 Å². The number of amides is 1. The summed E-state index contributed by atoms with van der Waals surface area (Å²) in [4.78, 5) is 17.9. The molecule has 27 heavy (non-hydrogen) atoms. The van der Waals surface area contributed by atoms with E-state index in [4.69, 9.17) is 9.47 Å². The van der Waals surface area contributed by atoms with Crippen LogP contribution in [0.3, 0.4) is 0 Å². The van der Waals surface area contributed by atoms with E-state index in [2.05, 4.69) is 22.4 Å². The molecule has 138 valence electrons. The monoisotopic (exact) mass is 398 g/mol. The van der Waals surface area contributed by atoms with E-state index >= 15 is 0 Å². The lowest BCUT2D eigenvalue weighted by Gasteiger charge is -2.03. The molecule has 1 amide bonds. The Labute approximate surface area is 165 Å². The average molecular weight is 399 g/mol. The van der Waals surface area contributed by atoms with E-state index in [0.29, 0.717) is 11.6 Å². The minimum Gasteiger partial charge on any atom is -0.454 e.